The zero-order valence-corrected chi connectivity index (χ0v) is 16.1. The van der Waals surface area contributed by atoms with E-state index in [2.05, 4.69) is 15.5 Å². The zero-order chi connectivity index (χ0) is 19.4. The Kier molecular flexibility index (Phi) is 5.83. The smallest absolute Gasteiger partial charge is 0.286 e. The number of rotatable bonds is 5. The molecule has 5 nitrogen and oxygen atoms in total. The molecule has 0 saturated carbocycles. The highest BCUT2D eigenvalue weighted by Crippen LogP contribution is 2.27. The minimum Gasteiger partial charge on any atom is -0.494 e. The molecule has 1 heterocycles. The molecule has 0 spiro atoms. The third kappa shape index (κ3) is 4.69. The largest absolute Gasteiger partial charge is 0.494 e. The van der Waals surface area contributed by atoms with Gasteiger partial charge in [-0.2, -0.15) is 0 Å². The highest BCUT2D eigenvalue weighted by Gasteiger charge is 2.15. The van der Waals surface area contributed by atoms with Crippen molar-refractivity contribution in [3.8, 4) is 5.75 Å². The molecule has 0 aliphatic carbocycles. The Morgan fingerprint density at radius 2 is 1.89 bits per heavy atom. The second-order valence-electron chi connectivity index (χ2n) is 5.62. The van der Waals surface area contributed by atoms with Gasteiger partial charge in [-0.05, 0) is 42.8 Å². The number of methoxy groups -OCH3 is 1. The van der Waals surface area contributed by atoms with Gasteiger partial charge in [0.15, 0.2) is 16.6 Å². The average Bonchev–Trinajstić information content (AvgIpc) is 3.14. The minimum atomic E-state index is -0.494. The van der Waals surface area contributed by atoms with Gasteiger partial charge in [0.05, 0.1) is 12.1 Å². The van der Waals surface area contributed by atoms with Gasteiger partial charge in [0.1, 0.15) is 0 Å². The maximum absolute atomic E-state index is 13.8. The summed E-state index contributed by atoms with van der Waals surface area (Å²) >= 11 is 7.30. The topological polar surface area (TPSA) is 64.1 Å². The van der Waals surface area contributed by atoms with Crippen molar-refractivity contribution >= 4 is 45.6 Å². The van der Waals surface area contributed by atoms with Crippen LogP contribution < -0.4 is 10.1 Å². The molecule has 8 heteroatoms. The zero-order valence-electron chi connectivity index (χ0n) is 14.5. The van der Waals surface area contributed by atoms with Crippen LogP contribution in [-0.4, -0.2) is 23.2 Å². The van der Waals surface area contributed by atoms with Gasteiger partial charge in [-0.3, -0.25) is 4.79 Å². The summed E-state index contributed by atoms with van der Waals surface area (Å²) in [6.07, 6.45) is 1.55. The Labute approximate surface area is 164 Å². The van der Waals surface area contributed by atoms with Crippen molar-refractivity contribution < 1.29 is 13.9 Å². The number of hydrogen-bond acceptors (Lipinski definition) is 5. The molecule has 0 saturated heterocycles. The first-order chi connectivity index (χ1) is 13.0. The van der Waals surface area contributed by atoms with Crippen molar-refractivity contribution in [1.29, 1.82) is 0 Å². The Hall–Kier alpha value is -2.77. The van der Waals surface area contributed by atoms with Crippen molar-refractivity contribution in [3.63, 3.8) is 0 Å². The molecule has 138 valence electrons. The Morgan fingerprint density at radius 3 is 2.56 bits per heavy atom. The summed E-state index contributed by atoms with van der Waals surface area (Å²) in [6, 6.07) is 11.9. The Morgan fingerprint density at radius 1 is 1.19 bits per heavy atom. The second kappa shape index (κ2) is 8.28. The SMILES string of the molecule is COc1ccc(/C=C(\Cl)c2nnc(C(=O)Nc3ccc(C)cc3)s2)cc1F. The highest BCUT2D eigenvalue weighted by molar-refractivity contribution is 7.15. The van der Waals surface area contributed by atoms with Crippen molar-refractivity contribution in [3.05, 3.63) is 69.4 Å². The third-order valence-electron chi connectivity index (χ3n) is 3.60. The molecule has 0 radical (unpaired) electrons. The number of benzene rings is 2. The van der Waals surface area contributed by atoms with Crippen LogP contribution in [0.2, 0.25) is 0 Å². The molecule has 3 aromatic rings. The summed E-state index contributed by atoms with van der Waals surface area (Å²) in [5.41, 5.74) is 2.30. The third-order valence-corrected chi connectivity index (χ3v) is 4.96. The minimum absolute atomic E-state index is 0.147. The fourth-order valence-electron chi connectivity index (χ4n) is 2.21. The molecule has 1 N–H and O–H groups in total. The standard InChI is InChI=1S/C19H15ClFN3O2S/c1-11-3-6-13(7-4-11)22-17(25)19-24-23-18(27-19)14(20)9-12-5-8-16(26-2)15(21)10-12/h3-10H,1-2H3,(H,22,25)/b14-9-. The maximum atomic E-state index is 13.8. The number of nitrogens with zero attached hydrogens (tertiary/aromatic N) is 2. The number of carbonyl (C=O) groups is 1. The number of halogens is 2. The van der Waals surface area contributed by atoms with E-state index in [0.717, 1.165) is 16.9 Å². The number of ether oxygens (including phenoxy) is 1. The first-order valence-electron chi connectivity index (χ1n) is 7.89. The van der Waals surface area contributed by atoms with Crippen molar-refractivity contribution in [1.82, 2.24) is 10.2 Å². The van der Waals surface area contributed by atoms with Crippen LogP contribution in [0.1, 0.15) is 25.9 Å². The van der Waals surface area contributed by atoms with Crippen LogP contribution in [0.3, 0.4) is 0 Å². The Bertz CT molecular complexity index is 1000. The average molecular weight is 404 g/mol. The number of aromatic nitrogens is 2. The molecule has 0 atom stereocenters. The lowest BCUT2D eigenvalue weighted by molar-refractivity contribution is 0.102. The van der Waals surface area contributed by atoms with Crippen molar-refractivity contribution in [2.45, 2.75) is 6.92 Å². The van der Waals surface area contributed by atoms with E-state index in [1.54, 1.807) is 24.3 Å². The van der Waals surface area contributed by atoms with Crippen molar-refractivity contribution in [2.24, 2.45) is 0 Å². The summed E-state index contributed by atoms with van der Waals surface area (Å²) in [6.45, 7) is 1.96. The molecule has 1 amide bonds. The normalized spacial score (nSPS) is 11.3. The maximum Gasteiger partial charge on any atom is 0.286 e. The van der Waals surface area contributed by atoms with Crippen molar-refractivity contribution in [2.75, 3.05) is 12.4 Å². The van der Waals surface area contributed by atoms with E-state index < -0.39 is 5.82 Å². The molecule has 27 heavy (non-hydrogen) atoms. The number of carbonyl (C=O) groups excluding carboxylic acids is 1. The van der Waals surface area contributed by atoms with E-state index in [9.17, 15) is 9.18 Å². The Balaban J connectivity index is 1.75. The van der Waals surface area contributed by atoms with Gasteiger partial charge in [-0.15, -0.1) is 10.2 Å². The van der Waals surface area contributed by atoms with Crippen LogP contribution in [0.4, 0.5) is 10.1 Å². The fourth-order valence-corrected chi connectivity index (χ4v) is 3.14. The predicted molar refractivity (Wildman–Crippen MR) is 106 cm³/mol. The number of anilines is 1. The van der Waals surface area contributed by atoms with Gasteiger partial charge in [-0.25, -0.2) is 4.39 Å². The van der Waals surface area contributed by atoms with E-state index >= 15 is 0 Å². The summed E-state index contributed by atoms with van der Waals surface area (Å²) < 4.78 is 18.7. The quantitative estimate of drug-likeness (QED) is 0.652. The summed E-state index contributed by atoms with van der Waals surface area (Å²) in [7, 11) is 1.39. The molecular weight excluding hydrogens is 389 g/mol. The van der Waals surface area contributed by atoms with Crippen LogP contribution in [0.25, 0.3) is 11.1 Å². The molecule has 0 aliphatic heterocycles. The van der Waals surface area contributed by atoms with E-state index in [4.69, 9.17) is 16.3 Å². The molecule has 0 unspecified atom stereocenters. The lowest BCUT2D eigenvalue weighted by Gasteiger charge is -2.02. The number of amides is 1. The molecule has 3 rings (SSSR count). The fraction of sp³-hybridized carbons (Fsp3) is 0.105. The van der Waals surface area contributed by atoms with Gasteiger partial charge in [0.2, 0.25) is 5.01 Å². The van der Waals surface area contributed by atoms with Crippen LogP contribution in [0, 0.1) is 12.7 Å². The summed E-state index contributed by atoms with van der Waals surface area (Å²) in [4.78, 5) is 12.3. The predicted octanol–water partition coefficient (Wildman–Crippen LogP) is 4.98. The molecule has 0 bridgehead atoms. The number of nitrogens with one attached hydrogen (secondary N) is 1. The van der Waals surface area contributed by atoms with Gasteiger partial charge in [0, 0.05) is 5.69 Å². The molecule has 1 aromatic heterocycles. The van der Waals surface area contributed by atoms with E-state index in [0.29, 0.717) is 16.3 Å². The first kappa shape index (κ1) is 19.0. The monoisotopic (exact) mass is 403 g/mol. The summed E-state index contributed by atoms with van der Waals surface area (Å²) in [5, 5.41) is 11.4. The van der Waals surface area contributed by atoms with Crippen LogP contribution in [0.5, 0.6) is 5.75 Å². The highest BCUT2D eigenvalue weighted by atomic mass is 35.5. The van der Waals surface area contributed by atoms with Crippen LogP contribution in [0.15, 0.2) is 42.5 Å². The van der Waals surface area contributed by atoms with Gasteiger partial charge in [-0.1, -0.05) is 46.7 Å². The summed E-state index contributed by atoms with van der Waals surface area (Å²) in [5.74, 6) is -0.719. The molecule has 2 aromatic carbocycles. The van der Waals surface area contributed by atoms with Gasteiger partial charge >= 0.3 is 0 Å². The first-order valence-corrected chi connectivity index (χ1v) is 9.08. The second-order valence-corrected chi connectivity index (χ2v) is 7.00. The lowest BCUT2D eigenvalue weighted by atomic mass is 10.2. The van der Waals surface area contributed by atoms with E-state index in [-0.39, 0.29) is 21.7 Å². The van der Waals surface area contributed by atoms with E-state index in [1.165, 1.54) is 19.2 Å². The number of hydrogen-bond donors (Lipinski definition) is 1. The molecular formula is C19H15ClFN3O2S. The van der Waals surface area contributed by atoms with Gasteiger partial charge in [0.25, 0.3) is 5.91 Å². The number of aryl methyl sites for hydroxylation is 1. The van der Waals surface area contributed by atoms with Crippen LogP contribution >= 0.6 is 22.9 Å². The van der Waals surface area contributed by atoms with Crippen LogP contribution in [-0.2, 0) is 0 Å². The molecule has 0 aliphatic rings. The lowest BCUT2D eigenvalue weighted by Crippen LogP contribution is -2.11. The van der Waals surface area contributed by atoms with E-state index in [1.807, 2.05) is 19.1 Å². The van der Waals surface area contributed by atoms with Gasteiger partial charge < -0.3 is 10.1 Å². The molecule has 0 fully saturated rings.